The first kappa shape index (κ1) is 16.3. The van der Waals surface area contributed by atoms with E-state index in [1.54, 1.807) is 0 Å². The van der Waals surface area contributed by atoms with E-state index in [-0.39, 0.29) is 23.9 Å². The summed E-state index contributed by atoms with van der Waals surface area (Å²) in [4.78, 5) is 27.3. The van der Waals surface area contributed by atoms with E-state index in [4.69, 9.17) is 0 Å². The molecule has 0 aromatic heterocycles. The second-order valence-corrected chi connectivity index (χ2v) is 7.09. The average molecular weight is 294 g/mol. The minimum atomic E-state index is -0.685. The van der Waals surface area contributed by atoms with Gasteiger partial charge in [-0.05, 0) is 50.9 Å². The van der Waals surface area contributed by atoms with Crippen LogP contribution in [0.5, 0.6) is 0 Å². The Morgan fingerprint density at radius 2 is 1.71 bits per heavy atom. The molecule has 4 nitrogen and oxygen atoms in total. The lowest BCUT2D eigenvalue weighted by Gasteiger charge is -2.49. The van der Waals surface area contributed by atoms with E-state index in [1.807, 2.05) is 25.7 Å². The van der Waals surface area contributed by atoms with Crippen molar-refractivity contribution in [1.82, 2.24) is 10.2 Å². The van der Waals surface area contributed by atoms with Crippen molar-refractivity contribution >= 4 is 11.8 Å². The van der Waals surface area contributed by atoms with Crippen LogP contribution in [0.3, 0.4) is 0 Å². The molecule has 2 amide bonds. The number of nitrogens with zero attached hydrogens (tertiary/aromatic N) is 1. The number of rotatable bonds is 3. The molecule has 0 spiro atoms. The Labute approximate surface area is 128 Å². The Kier molecular flexibility index (Phi) is 4.64. The number of carbonyl (C=O) groups excluding carboxylic acids is 2. The highest BCUT2D eigenvalue weighted by Crippen LogP contribution is 2.36. The molecule has 1 aliphatic heterocycles. The molecular formula is C17H30N2O2. The molecule has 0 bridgehead atoms. The summed E-state index contributed by atoms with van der Waals surface area (Å²) >= 11 is 0. The first-order chi connectivity index (χ1) is 9.86. The maximum atomic E-state index is 13.1. The van der Waals surface area contributed by atoms with Crippen LogP contribution in [-0.4, -0.2) is 34.3 Å². The van der Waals surface area contributed by atoms with Gasteiger partial charge in [-0.2, -0.15) is 0 Å². The molecule has 1 aliphatic carbocycles. The van der Waals surface area contributed by atoms with Gasteiger partial charge in [0.2, 0.25) is 11.8 Å². The molecule has 0 aromatic carbocycles. The molecule has 1 saturated heterocycles. The second-order valence-electron chi connectivity index (χ2n) is 7.09. The van der Waals surface area contributed by atoms with E-state index in [1.165, 1.54) is 0 Å². The van der Waals surface area contributed by atoms with Crippen molar-refractivity contribution in [1.29, 1.82) is 0 Å². The molecule has 0 aromatic rings. The van der Waals surface area contributed by atoms with Crippen molar-refractivity contribution in [3.05, 3.63) is 0 Å². The van der Waals surface area contributed by atoms with Crippen LogP contribution in [0, 0.1) is 11.8 Å². The van der Waals surface area contributed by atoms with Gasteiger partial charge in [0, 0.05) is 6.04 Å². The summed E-state index contributed by atoms with van der Waals surface area (Å²) in [5, 5.41) is 2.99. The standard InChI is InChI=1S/C17H30N2O2/c1-6-17(7-2)16(21)19(13(5)15(20)18-17)14-9-8-11(3)12(4)10-14/h11-14H,6-10H2,1-5H3,(H,18,20). The zero-order valence-electron chi connectivity index (χ0n) is 14.1. The van der Waals surface area contributed by atoms with Gasteiger partial charge in [0.05, 0.1) is 0 Å². The van der Waals surface area contributed by atoms with Gasteiger partial charge in [-0.25, -0.2) is 0 Å². The third-order valence-electron chi connectivity index (χ3n) is 5.97. The first-order valence-electron chi connectivity index (χ1n) is 8.51. The van der Waals surface area contributed by atoms with Crippen LogP contribution in [0.4, 0.5) is 0 Å². The van der Waals surface area contributed by atoms with Gasteiger partial charge in [-0.1, -0.05) is 27.7 Å². The molecule has 4 unspecified atom stereocenters. The molecule has 2 rings (SSSR count). The van der Waals surface area contributed by atoms with E-state index in [9.17, 15) is 9.59 Å². The lowest BCUT2D eigenvalue weighted by atomic mass is 9.77. The topological polar surface area (TPSA) is 49.4 Å². The minimum absolute atomic E-state index is 0.00424. The molecule has 21 heavy (non-hydrogen) atoms. The van der Waals surface area contributed by atoms with E-state index in [2.05, 4.69) is 19.2 Å². The maximum Gasteiger partial charge on any atom is 0.249 e. The molecule has 4 heteroatoms. The van der Waals surface area contributed by atoms with Crippen molar-refractivity contribution in [2.24, 2.45) is 11.8 Å². The average Bonchev–Trinajstić information content (AvgIpc) is 2.47. The molecule has 120 valence electrons. The molecule has 2 aliphatic rings. The number of nitrogens with one attached hydrogen (secondary N) is 1. The number of amides is 2. The zero-order valence-corrected chi connectivity index (χ0v) is 14.1. The fourth-order valence-corrected chi connectivity index (χ4v) is 3.93. The Morgan fingerprint density at radius 3 is 2.24 bits per heavy atom. The summed E-state index contributed by atoms with van der Waals surface area (Å²) in [5.41, 5.74) is -0.685. The summed E-state index contributed by atoms with van der Waals surface area (Å²) in [6, 6.07) is -0.114. The Balaban J connectivity index is 2.27. The highest BCUT2D eigenvalue weighted by molar-refractivity contribution is 5.99. The molecule has 2 fully saturated rings. The second kappa shape index (κ2) is 5.98. The van der Waals surface area contributed by atoms with Crippen LogP contribution in [0.2, 0.25) is 0 Å². The minimum Gasteiger partial charge on any atom is -0.340 e. The molecule has 0 radical (unpaired) electrons. The van der Waals surface area contributed by atoms with Crippen LogP contribution in [0.15, 0.2) is 0 Å². The van der Waals surface area contributed by atoms with Crippen LogP contribution < -0.4 is 5.32 Å². The highest BCUT2D eigenvalue weighted by atomic mass is 16.2. The summed E-state index contributed by atoms with van der Waals surface area (Å²) in [5.74, 6) is 1.47. The third-order valence-corrected chi connectivity index (χ3v) is 5.97. The quantitative estimate of drug-likeness (QED) is 0.870. The maximum absolute atomic E-state index is 13.1. The Hall–Kier alpha value is -1.06. The smallest absolute Gasteiger partial charge is 0.249 e. The summed E-state index contributed by atoms with van der Waals surface area (Å²) < 4.78 is 0. The van der Waals surface area contributed by atoms with Gasteiger partial charge in [0.25, 0.3) is 0 Å². The van der Waals surface area contributed by atoms with Crippen molar-refractivity contribution in [3.63, 3.8) is 0 Å². The van der Waals surface area contributed by atoms with Gasteiger partial charge < -0.3 is 10.2 Å². The van der Waals surface area contributed by atoms with Crippen LogP contribution >= 0.6 is 0 Å². The number of hydrogen-bond donors (Lipinski definition) is 1. The predicted octanol–water partition coefficient (Wildman–Crippen LogP) is 2.72. The fourth-order valence-electron chi connectivity index (χ4n) is 3.93. The van der Waals surface area contributed by atoms with E-state index in [0.717, 1.165) is 19.3 Å². The highest BCUT2D eigenvalue weighted by Gasteiger charge is 2.50. The van der Waals surface area contributed by atoms with Crippen molar-refractivity contribution in [2.45, 2.75) is 84.3 Å². The third kappa shape index (κ3) is 2.69. The molecule has 1 heterocycles. The SMILES string of the molecule is CCC1(CC)NC(=O)C(C)N(C2CCC(C)C(C)C2)C1=O. The van der Waals surface area contributed by atoms with Crippen LogP contribution in [-0.2, 0) is 9.59 Å². The van der Waals surface area contributed by atoms with Crippen molar-refractivity contribution < 1.29 is 9.59 Å². The van der Waals surface area contributed by atoms with Gasteiger partial charge in [0.1, 0.15) is 11.6 Å². The lowest BCUT2D eigenvalue weighted by Crippen LogP contribution is -2.71. The first-order valence-corrected chi connectivity index (χ1v) is 8.51. The van der Waals surface area contributed by atoms with Crippen LogP contribution in [0.1, 0.15) is 66.7 Å². The largest absolute Gasteiger partial charge is 0.340 e. The number of carbonyl (C=O) groups is 2. The Bertz CT molecular complexity index is 417. The molecular weight excluding hydrogens is 264 g/mol. The fraction of sp³-hybridized carbons (Fsp3) is 0.882. The monoisotopic (exact) mass is 294 g/mol. The van der Waals surface area contributed by atoms with Gasteiger partial charge in [-0.3, -0.25) is 9.59 Å². The van der Waals surface area contributed by atoms with E-state index >= 15 is 0 Å². The number of hydrogen-bond acceptors (Lipinski definition) is 2. The van der Waals surface area contributed by atoms with Crippen molar-refractivity contribution in [3.8, 4) is 0 Å². The molecule has 4 atom stereocenters. The van der Waals surface area contributed by atoms with Gasteiger partial charge in [0.15, 0.2) is 0 Å². The normalized spacial score (nSPS) is 36.5. The van der Waals surface area contributed by atoms with Gasteiger partial charge >= 0.3 is 0 Å². The number of piperazine rings is 1. The van der Waals surface area contributed by atoms with Crippen LogP contribution in [0.25, 0.3) is 0 Å². The van der Waals surface area contributed by atoms with E-state index < -0.39 is 5.54 Å². The zero-order chi connectivity index (χ0) is 15.8. The van der Waals surface area contributed by atoms with Gasteiger partial charge in [-0.15, -0.1) is 0 Å². The molecule has 1 saturated carbocycles. The molecule has 1 N–H and O–H groups in total. The van der Waals surface area contributed by atoms with E-state index in [0.29, 0.717) is 24.7 Å². The summed E-state index contributed by atoms with van der Waals surface area (Å²) in [6.07, 6.45) is 4.52. The summed E-state index contributed by atoms with van der Waals surface area (Å²) in [6.45, 7) is 10.4. The Morgan fingerprint density at radius 1 is 1.10 bits per heavy atom. The predicted molar refractivity (Wildman–Crippen MR) is 83.7 cm³/mol. The summed E-state index contributed by atoms with van der Waals surface area (Å²) in [7, 11) is 0. The van der Waals surface area contributed by atoms with Crippen molar-refractivity contribution in [2.75, 3.05) is 0 Å². The lowest BCUT2D eigenvalue weighted by molar-refractivity contribution is -0.159.